The summed E-state index contributed by atoms with van der Waals surface area (Å²) in [6.45, 7) is 3.77. The molecule has 0 saturated carbocycles. The molecule has 158 valence electrons. The number of rotatable bonds is 8. The number of aromatic carboxylic acids is 1. The van der Waals surface area contributed by atoms with Crippen LogP contribution in [0.25, 0.3) is 10.9 Å². The minimum atomic E-state index is -0.922. The van der Waals surface area contributed by atoms with Crippen LogP contribution in [0.1, 0.15) is 39.7 Å². The maximum absolute atomic E-state index is 12.3. The molecule has 0 fully saturated rings. The number of nitrogens with zero attached hydrogens (tertiary/aromatic N) is 1. The summed E-state index contributed by atoms with van der Waals surface area (Å²) in [5.41, 5.74) is 5.54. The maximum Gasteiger partial charge on any atom is 0.352 e. The topological polar surface area (TPSA) is 54.3 Å². The smallest absolute Gasteiger partial charge is 0.352 e. The van der Waals surface area contributed by atoms with Gasteiger partial charge < -0.3 is 15.0 Å². The lowest BCUT2D eigenvalue weighted by atomic mass is 10.1. The summed E-state index contributed by atoms with van der Waals surface area (Å²) in [6.07, 6.45) is 1.02. The number of carboxylic acids is 1. The van der Waals surface area contributed by atoms with E-state index in [0.717, 1.165) is 28.5 Å². The molecule has 5 heteroatoms. The van der Waals surface area contributed by atoms with Gasteiger partial charge in [-0.25, -0.2) is 4.79 Å². The Hall–Kier alpha value is -3.08. The second-order valence-corrected chi connectivity index (χ2v) is 8.07. The van der Waals surface area contributed by atoms with Crippen LogP contribution in [0.4, 0.5) is 0 Å². The standard InChI is InChI=1S/C26H25ClN2O2/c1-2-18-7-9-19(10-8-18)15-28-16-23-22-5-3-4-6-24(22)29(25(23)26(30)31)17-20-11-13-21(27)14-12-20/h3-14,28H,2,15-17H2,1H3,(H,30,31). The van der Waals surface area contributed by atoms with Crippen molar-refractivity contribution in [2.24, 2.45) is 0 Å². The molecule has 0 aliphatic carbocycles. The highest BCUT2D eigenvalue weighted by molar-refractivity contribution is 6.30. The largest absolute Gasteiger partial charge is 0.477 e. The average Bonchev–Trinajstić information content (AvgIpc) is 3.09. The third-order valence-electron chi connectivity index (χ3n) is 5.59. The van der Waals surface area contributed by atoms with E-state index in [9.17, 15) is 9.90 Å². The summed E-state index contributed by atoms with van der Waals surface area (Å²) in [5.74, 6) is -0.922. The van der Waals surface area contributed by atoms with E-state index in [2.05, 4.69) is 36.5 Å². The number of benzene rings is 3. The van der Waals surface area contributed by atoms with Gasteiger partial charge in [-0.1, -0.05) is 73.1 Å². The van der Waals surface area contributed by atoms with Crippen LogP contribution in [0, 0.1) is 0 Å². The third kappa shape index (κ3) is 4.66. The molecule has 0 aliphatic heterocycles. The van der Waals surface area contributed by atoms with Crippen LogP contribution in [-0.2, 0) is 26.1 Å². The highest BCUT2D eigenvalue weighted by Gasteiger charge is 2.22. The Kier molecular flexibility index (Phi) is 6.40. The fourth-order valence-corrected chi connectivity index (χ4v) is 4.09. The normalized spacial score (nSPS) is 11.2. The first-order chi connectivity index (χ1) is 15.1. The van der Waals surface area contributed by atoms with Gasteiger partial charge in [-0.2, -0.15) is 0 Å². The van der Waals surface area contributed by atoms with Crippen molar-refractivity contribution in [1.82, 2.24) is 9.88 Å². The van der Waals surface area contributed by atoms with Crippen LogP contribution in [0.2, 0.25) is 5.02 Å². The Labute approximate surface area is 187 Å². The predicted octanol–water partition coefficient (Wildman–Crippen LogP) is 5.89. The highest BCUT2D eigenvalue weighted by atomic mass is 35.5. The van der Waals surface area contributed by atoms with Gasteiger partial charge in [-0.05, 0) is 41.3 Å². The molecule has 31 heavy (non-hydrogen) atoms. The number of aromatic nitrogens is 1. The van der Waals surface area contributed by atoms with Crippen LogP contribution in [0.3, 0.4) is 0 Å². The molecule has 2 N–H and O–H groups in total. The highest BCUT2D eigenvalue weighted by Crippen LogP contribution is 2.28. The number of hydrogen-bond donors (Lipinski definition) is 2. The first-order valence-corrected chi connectivity index (χ1v) is 10.8. The molecule has 0 aliphatic rings. The van der Waals surface area contributed by atoms with E-state index in [-0.39, 0.29) is 0 Å². The minimum absolute atomic E-state index is 0.324. The van der Waals surface area contributed by atoms with Crippen LogP contribution < -0.4 is 5.32 Å². The van der Waals surface area contributed by atoms with Gasteiger partial charge in [-0.15, -0.1) is 0 Å². The predicted molar refractivity (Wildman–Crippen MR) is 126 cm³/mol. The van der Waals surface area contributed by atoms with Crippen LogP contribution in [-0.4, -0.2) is 15.6 Å². The number of halogens is 1. The zero-order valence-electron chi connectivity index (χ0n) is 17.4. The molecule has 0 amide bonds. The lowest BCUT2D eigenvalue weighted by Crippen LogP contribution is -2.17. The molecule has 4 nitrogen and oxygen atoms in total. The van der Waals surface area contributed by atoms with Crippen LogP contribution >= 0.6 is 11.6 Å². The first-order valence-electron chi connectivity index (χ1n) is 10.4. The molecular formula is C26H25ClN2O2. The van der Waals surface area contributed by atoms with Crippen molar-refractivity contribution in [3.05, 3.63) is 106 Å². The summed E-state index contributed by atoms with van der Waals surface area (Å²) in [4.78, 5) is 12.3. The van der Waals surface area contributed by atoms with E-state index in [1.165, 1.54) is 11.1 Å². The van der Waals surface area contributed by atoms with Crippen molar-refractivity contribution in [1.29, 1.82) is 0 Å². The van der Waals surface area contributed by atoms with Gasteiger partial charge in [0.2, 0.25) is 0 Å². The van der Waals surface area contributed by atoms with E-state index in [4.69, 9.17) is 11.6 Å². The second kappa shape index (κ2) is 9.38. The number of carboxylic acid groups (broad SMARTS) is 1. The van der Waals surface area contributed by atoms with Crippen molar-refractivity contribution in [2.45, 2.75) is 33.0 Å². The second-order valence-electron chi connectivity index (χ2n) is 7.64. The summed E-state index contributed by atoms with van der Waals surface area (Å²) in [6, 6.07) is 23.9. The number of para-hydroxylation sites is 1. The van der Waals surface area contributed by atoms with E-state index in [1.807, 2.05) is 53.1 Å². The molecule has 0 unspecified atom stereocenters. The zero-order chi connectivity index (χ0) is 21.8. The third-order valence-corrected chi connectivity index (χ3v) is 5.85. The van der Waals surface area contributed by atoms with Gasteiger partial charge in [0.15, 0.2) is 0 Å². The van der Waals surface area contributed by atoms with Gasteiger partial charge in [0.05, 0.1) is 0 Å². The van der Waals surface area contributed by atoms with Gasteiger partial charge in [-0.3, -0.25) is 0 Å². The van der Waals surface area contributed by atoms with E-state index >= 15 is 0 Å². The van der Waals surface area contributed by atoms with E-state index in [1.54, 1.807) is 0 Å². The molecule has 0 radical (unpaired) electrons. The first kappa shape index (κ1) is 21.2. The molecule has 0 atom stereocenters. The quantitative estimate of drug-likeness (QED) is 0.365. The summed E-state index contributed by atoms with van der Waals surface area (Å²) in [7, 11) is 0. The van der Waals surface area contributed by atoms with E-state index in [0.29, 0.717) is 30.4 Å². The molecule has 0 spiro atoms. The average molecular weight is 433 g/mol. The van der Waals surface area contributed by atoms with Gasteiger partial charge >= 0.3 is 5.97 Å². The minimum Gasteiger partial charge on any atom is -0.477 e. The Morgan fingerprint density at radius 1 is 0.903 bits per heavy atom. The van der Waals surface area contributed by atoms with Crippen molar-refractivity contribution >= 4 is 28.5 Å². The number of fused-ring (bicyclic) bond motifs is 1. The molecule has 0 bridgehead atoms. The Morgan fingerprint density at radius 2 is 1.55 bits per heavy atom. The van der Waals surface area contributed by atoms with Crippen molar-refractivity contribution in [3.63, 3.8) is 0 Å². The van der Waals surface area contributed by atoms with Gasteiger partial charge in [0, 0.05) is 41.1 Å². The summed E-state index contributed by atoms with van der Waals surface area (Å²) < 4.78 is 1.88. The van der Waals surface area contributed by atoms with Crippen molar-refractivity contribution in [2.75, 3.05) is 0 Å². The molecule has 4 rings (SSSR count). The van der Waals surface area contributed by atoms with Crippen LogP contribution in [0.15, 0.2) is 72.8 Å². The Balaban J connectivity index is 1.64. The number of nitrogens with one attached hydrogen (secondary N) is 1. The van der Waals surface area contributed by atoms with Crippen molar-refractivity contribution in [3.8, 4) is 0 Å². The molecule has 4 aromatic rings. The summed E-state index contributed by atoms with van der Waals surface area (Å²) in [5, 5.41) is 15.1. The van der Waals surface area contributed by atoms with Crippen molar-refractivity contribution < 1.29 is 9.90 Å². The zero-order valence-corrected chi connectivity index (χ0v) is 18.2. The molecule has 3 aromatic carbocycles. The molecule has 1 heterocycles. The fourth-order valence-electron chi connectivity index (χ4n) is 3.96. The number of aryl methyl sites for hydroxylation is 1. The van der Waals surface area contributed by atoms with Gasteiger partial charge in [0.25, 0.3) is 0 Å². The van der Waals surface area contributed by atoms with Crippen LogP contribution in [0.5, 0.6) is 0 Å². The fraction of sp³-hybridized carbons (Fsp3) is 0.192. The summed E-state index contributed by atoms with van der Waals surface area (Å²) >= 11 is 6.01. The monoisotopic (exact) mass is 432 g/mol. The molecule has 1 aromatic heterocycles. The number of hydrogen-bond acceptors (Lipinski definition) is 2. The van der Waals surface area contributed by atoms with E-state index < -0.39 is 5.97 Å². The SMILES string of the molecule is CCc1ccc(CNCc2c(C(=O)O)n(Cc3ccc(Cl)cc3)c3ccccc23)cc1. The Morgan fingerprint density at radius 3 is 2.23 bits per heavy atom. The number of carbonyl (C=O) groups is 1. The molecule has 0 saturated heterocycles. The van der Waals surface area contributed by atoms with Gasteiger partial charge in [0.1, 0.15) is 5.69 Å². The lowest BCUT2D eigenvalue weighted by Gasteiger charge is -2.10. The Bertz CT molecular complexity index is 1190. The maximum atomic E-state index is 12.3. The lowest BCUT2D eigenvalue weighted by molar-refractivity contribution is 0.0685. The molecular weight excluding hydrogens is 408 g/mol.